The number of fused-ring (bicyclic) bond motifs is 1. The molecular weight excluding hydrogens is 310 g/mol. The third-order valence-corrected chi connectivity index (χ3v) is 3.37. The molecule has 122 valence electrons. The Morgan fingerprint density at radius 1 is 1.29 bits per heavy atom. The van der Waals surface area contributed by atoms with E-state index in [0.717, 1.165) is 0 Å². The molecule has 0 fully saturated rings. The van der Waals surface area contributed by atoms with Crippen molar-refractivity contribution >= 4 is 17.0 Å². The van der Waals surface area contributed by atoms with Crippen LogP contribution in [0.5, 0.6) is 11.5 Å². The fraction of sp³-hybridized carbons (Fsp3) is 0.118. The second-order valence-electron chi connectivity index (χ2n) is 4.91. The van der Waals surface area contributed by atoms with Crippen molar-refractivity contribution in [3.05, 3.63) is 48.7 Å². The van der Waals surface area contributed by atoms with Gasteiger partial charge in [-0.3, -0.25) is 5.10 Å². The number of H-pyrrole nitrogens is 1. The summed E-state index contributed by atoms with van der Waals surface area (Å²) in [5.41, 5.74) is 2.30. The molecule has 0 aliphatic carbocycles. The number of benzene rings is 2. The molecule has 7 heteroatoms. The molecule has 0 atom stereocenters. The van der Waals surface area contributed by atoms with E-state index in [2.05, 4.69) is 22.0 Å². The zero-order valence-electron chi connectivity index (χ0n) is 12.9. The molecule has 1 aromatic heterocycles. The van der Waals surface area contributed by atoms with Gasteiger partial charge in [0, 0.05) is 5.56 Å². The van der Waals surface area contributed by atoms with Crippen LogP contribution in [-0.4, -0.2) is 33.1 Å². The number of esters is 1. The third kappa shape index (κ3) is 2.79. The highest BCUT2D eigenvalue weighted by atomic mass is 16.6. The van der Waals surface area contributed by atoms with Crippen molar-refractivity contribution in [2.45, 2.75) is 6.92 Å². The van der Waals surface area contributed by atoms with Crippen LogP contribution >= 0.6 is 0 Å². The molecule has 0 saturated carbocycles. The van der Waals surface area contributed by atoms with Crippen LogP contribution in [0.15, 0.2) is 48.7 Å². The van der Waals surface area contributed by atoms with E-state index < -0.39 is 5.97 Å². The molecular formula is C17H15N3O4. The quantitative estimate of drug-likeness (QED) is 0.425. The summed E-state index contributed by atoms with van der Waals surface area (Å²) < 4.78 is 10.4. The number of phenols is 1. The second-order valence-corrected chi connectivity index (χ2v) is 4.91. The molecule has 0 radical (unpaired) electrons. The normalized spacial score (nSPS) is 10.5. The first-order valence-electron chi connectivity index (χ1n) is 7.27. The summed E-state index contributed by atoms with van der Waals surface area (Å²) in [4.78, 5) is 11.7. The number of phenolic OH excluding ortho intramolecular Hbond substituents is 1. The van der Waals surface area contributed by atoms with Gasteiger partial charge >= 0.3 is 5.97 Å². The van der Waals surface area contributed by atoms with Crippen molar-refractivity contribution in [1.29, 1.82) is 0 Å². The smallest absolute Gasteiger partial charge is 0.373 e. The number of aromatic amines is 1. The molecule has 24 heavy (non-hydrogen) atoms. The lowest BCUT2D eigenvalue weighted by atomic mass is 10.0. The highest BCUT2D eigenvalue weighted by molar-refractivity contribution is 5.95. The Labute approximate surface area is 137 Å². The number of carbonyl (C=O) groups excluding carboxylic acids is 1. The molecule has 0 amide bonds. The van der Waals surface area contributed by atoms with E-state index in [1.54, 1.807) is 31.2 Å². The van der Waals surface area contributed by atoms with E-state index in [9.17, 15) is 9.90 Å². The van der Waals surface area contributed by atoms with Crippen LogP contribution < -0.4 is 4.74 Å². The summed E-state index contributed by atoms with van der Waals surface area (Å²) in [5.74, 6) is -0.578. The SMILES string of the molecule is C=C(Oc1cccc(O)c1-c1cccc2[nH]nnc12)C(=O)OCC. The standard InChI is InChI=1S/C17H15N3O4/c1-3-23-17(22)10(2)24-14-9-5-8-13(21)15(14)11-6-4-7-12-16(11)19-20-18-12/h4-9,21H,2-3H2,1H3,(H,18,19,20). The van der Waals surface area contributed by atoms with Gasteiger partial charge in [-0.1, -0.05) is 23.4 Å². The van der Waals surface area contributed by atoms with Crippen molar-refractivity contribution in [2.75, 3.05) is 6.61 Å². The lowest BCUT2D eigenvalue weighted by Gasteiger charge is -2.14. The Balaban J connectivity index is 2.07. The number of rotatable bonds is 5. The van der Waals surface area contributed by atoms with E-state index in [-0.39, 0.29) is 23.9 Å². The van der Waals surface area contributed by atoms with Crippen molar-refractivity contribution in [2.24, 2.45) is 0 Å². The molecule has 1 heterocycles. The van der Waals surface area contributed by atoms with Crippen LogP contribution in [-0.2, 0) is 9.53 Å². The first kappa shape index (κ1) is 15.5. The molecule has 3 aromatic rings. The van der Waals surface area contributed by atoms with Gasteiger partial charge < -0.3 is 14.6 Å². The summed E-state index contributed by atoms with van der Waals surface area (Å²) in [5, 5.41) is 20.9. The Hall–Kier alpha value is -3.35. The van der Waals surface area contributed by atoms with Crippen LogP contribution in [0.4, 0.5) is 0 Å². The van der Waals surface area contributed by atoms with E-state index in [1.165, 1.54) is 6.07 Å². The maximum absolute atomic E-state index is 11.7. The number of nitrogens with one attached hydrogen (secondary N) is 1. The first-order valence-corrected chi connectivity index (χ1v) is 7.27. The Morgan fingerprint density at radius 3 is 2.88 bits per heavy atom. The molecule has 0 spiro atoms. The second kappa shape index (κ2) is 6.41. The average Bonchev–Trinajstić information content (AvgIpc) is 3.04. The van der Waals surface area contributed by atoms with Gasteiger partial charge in [-0.15, -0.1) is 5.10 Å². The van der Waals surface area contributed by atoms with Gasteiger partial charge in [-0.05, 0) is 31.7 Å². The number of hydrogen-bond donors (Lipinski definition) is 2. The predicted octanol–water partition coefficient (Wildman–Crippen LogP) is 2.79. The number of nitrogens with zero attached hydrogens (tertiary/aromatic N) is 2. The zero-order valence-corrected chi connectivity index (χ0v) is 12.9. The molecule has 0 bridgehead atoms. The van der Waals surface area contributed by atoms with Crippen LogP contribution in [0, 0.1) is 0 Å². The highest BCUT2D eigenvalue weighted by Gasteiger charge is 2.19. The van der Waals surface area contributed by atoms with Gasteiger partial charge in [0.15, 0.2) is 0 Å². The van der Waals surface area contributed by atoms with Crippen molar-refractivity contribution < 1.29 is 19.4 Å². The molecule has 2 aromatic carbocycles. The van der Waals surface area contributed by atoms with E-state index >= 15 is 0 Å². The minimum atomic E-state index is -0.661. The molecule has 7 nitrogen and oxygen atoms in total. The minimum absolute atomic E-state index is 0.0142. The van der Waals surface area contributed by atoms with Crippen LogP contribution in [0.25, 0.3) is 22.2 Å². The molecule has 2 N–H and O–H groups in total. The number of aromatic hydroxyl groups is 1. The monoisotopic (exact) mass is 325 g/mol. The summed E-state index contributed by atoms with van der Waals surface area (Å²) in [6.07, 6.45) is 0. The maximum atomic E-state index is 11.7. The summed E-state index contributed by atoms with van der Waals surface area (Å²) in [7, 11) is 0. The molecule has 0 aliphatic rings. The van der Waals surface area contributed by atoms with Crippen molar-refractivity contribution in [1.82, 2.24) is 15.4 Å². The first-order chi connectivity index (χ1) is 11.6. The topological polar surface area (TPSA) is 97.3 Å². The van der Waals surface area contributed by atoms with E-state index in [1.807, 2.05) is 6.07 Å². The van der Waals surface area contributed by atoms with Gasteiger partial charge in [-0.25, -0.2) is 4.79 Å². The molecule has 0 saturated heterocycles. The van der Waals surface area contributed by atoms with Gasteiger partial charge in [0.1, 0.15) is 17.0 Å². The van der Waals surface area contributed by atoms with Crippen LogP contribution in [0.3, 0.4) is 0 Å². The fourth-order valence-corrected chi connectivity index (χ4v) is 2.33. The Morgan fingerprint density at radius 2 is 2.08 bits per heavy atom. The highest BCUT2D eigenvalue weighted by Crippen LogP contribution is 2.40. The fourth-order valence-electron chi connectivity index (χ4n) is 2.33. The van der Waals surface area contributed by atoms with E-state index in [4.69, 9.17) is 9.47 Å². The number of carbonyl (C=O) groups is 1. The van der Waals surface area contributed by atoms with Gasteiger partial charge in [0.2, 0.25) is 5.76 Å². The minimum Gasteiger partial charge on any atom is -0.507 e. The van der Waals surface area contributed by atoms with E-state index in [0.29, 0.717) is 22.2 Å². The number of aromatic nitrogens is 3. The molecule has 0 unspecified atom stereocenters. The lowest BCUT2D eigenvalue weighted by Crippen LogP contribution is -2.11. The van der Waals surface area contributed by atoms with Crippen molar-refractivity contribution in [3.8, 4) is 22.6 Å². The molecule has 0 aliphatic heterocycles. The summed E-state index contributed by atoms with van der Waals surface area (Å²) in [6, 6.07) is 10.1. The largest absolute Gasteiger partial charge is 0.507 e. The van der Waals surface area contributed by atoms with Gasteiger partial charge in [0.25, 0.3) is 0 Å². The summed E-state index contributed by atoms with van der Waals surface area (Å²) >= 11 is 0. The zero-order chi connectivity index (χ0) is 17.1. The maximum Gasteiger partial charge on any atom is 0.373 e. The van der Waals surface area contributed by atoms with Crippen LogP contribution in [0.1, 0.15) is 6.92 Å². The van der Waals surface area contributed by atoms with Gasteiger partial charge in [0.05, 0.1) is 17.7 Å². The number of hydrogen-bond acceptors (Lipinski definition) is 6. The average molecular weight is 325 g/mol. The Bertz CT molecular complexity index is 917. The number of ether oxygens (including phenoxy) is 2. The molecule has 3 rings (SSSR count). The predicted molar refractivity (Wildman–Crippen MR) is 87.4 cm³/mol. The van der Waals surface area contributed by atoms with Crippen LogP contribution in [0.2, 0.25) is 0 Å². The third-order valence-electron chi connectivity index (χ3n) is 3.37. The van der Waals surface area contributed by atoms with Crippen molar-refractivity contribution in [3.63, 3.8) is 0 Å². The Kier molecular flexibility index (Phi) is 4.15. The summed E-state index contributed by atoms with van der Waals surface area (Å²) in [6.45, 7) is 5.48. The lowest BCUT2D eigenvalue weighted by molar-refractivity contribution is -0.140. The van der Waals surface area contributed by atoms with Gasteiger partial charge in [-0.2, -0.15) is 0 Å².